The fourth-order valence-corrected chi connectivity index (χ4v) is 2.51. The predicted octanol–water partition coefficient (Wildman–Crippen LogP) is 2.61. The maximum absolute atomic E-state index is 7.30. The van der Waals surface area contributed by atoms with Gasteiger partial charge in [-0.15, -0.1) is 11.3 Å². The number of nitrogens with one attached hydrogen (secondary N) is 1. The minimum absolute atomic E-state index is 0.0137. The molecule has 0 aliphatic carbocycles. The normalized spacial score (nSPS) is 10.4. The van der Waals surface area contributed by atoms with E-state index in [0.717, 1.165) is 23.6 Å². The van der Waals surface area contributed by atoms with Gasteiger partial charge in [-0.1, -0.05) is 25.1 Å². The van der Waals surface area contributed by atoms with Crippen LogP contribution in [0.15, 0.2) is 29.6 Å². The van der Waals surface area contributed by atoms with Crippen molar-refractivity contribution in [2.24, 2.45) is 5.73 Å². The summed E-state index contributed by atoms with van der Waals surface area (Å²) in [5, 5.41) is 10.1. The third-order valence-corrected chi connectivity index (χ3v) is 3.66. The van der Waals surface area contributed by atoms with Crippen molar-refractivity contribution in [3.63, 3.8) is 0 Å². The summed E-state index contributed by atoms with van der Waals surface area (Å²) in [6.45, 7) is 2.70. The molecule has 0 aliphatic heterocycles. The number of nitrogen functional groups attached to an aromatic ring is 1. The van der Waals surface area contributed by atoms with E-state index >= 15 is 0 Å². The van der Waals surface area contributed by atoms with Gasteiger partial charge in [-0.3, -0.25) is 5.41 Å². The minimum atomic E-state index is 0.0137. The topological polar surface area (TPSA) is 72.0 Å². The van der Waals surface area contributed by atoms with Gasteiger partial charge in [-0.05, 0) is 18.1 Å². The van der Waals surface area contributed by atoms with Crippen molar-refractivity contribution in [1.82, 2.24) is 4.98 Å². The van der Waals surface area contributed by atoms with Crippen molar-refractivity contribution < 1.29 is 4.74 Å². The first kappa shape index (κ1) is 13.5. The van der Waals surface area contributed by atoms with Gasteiger partial charge in [-0.2, -0.15) is 0 Å². The molecule has 0 aliphatic rings. The second-order valence-corrected chi connectivity index (χ2v) is 5.04. The lowest BCUT2D eigenvalue weighted by Gasteiger charge is -2.09. The fourth-order valence-electron chi connectivity index (χ4n) is 1.73. The van der Waals surface area contributed by atoms with Gasteiger partial charge in [0, 0.05) is 11.8 Å². The molecule has 1 aromatic heterocycles. The second-order valence-electron chi connectivity index (χ2n) is 4.10. The molecular formula is C14H17N3OS. The molecule has 0 spiro atoms. The smallest absolute Gasteiger partial charge is 0.142 e. The van der Waals surface area contributed by atoms with Gasteiger partial charge < -0.3 is 10.5 Å². The van der Waals surface area contributed by atoms with Crippen LogP contribution in [0.1, 0.15) is 23.2 Å². The number of para-hydroxylation sites is 1. The van der Waals surface area contributed by atoms with E-state index in [4.69, 9.17) is 15.9 Å². The SMILES string of the molecule is CCc1ccccc1OCCc1nc(C(=N)N)cs1. The summed E-state index contributed by atoms with van der Waals surface area (Å²) < 4.78 is 5.78. The van der Waals surface area contributed by atoms with Gasteiger partial charge in [0.1, 0.15) is 17.3 Å². The Morgan fingerprint density at radius 1 is 1.42 bits per heavy atom. The van der Waals surface area contributed by atoms with Crippen molar-refractivity contribution in [2.75, 3.05) is 6.61 Å². The molecule has 0 atom stereocenters. The van der Waals surface area contributed by atoms with E-state index in [1.54, 1.807) is 5.38 Å². The molecule has 0 saturated carbocycles. The summed E-state index contributed by atoms with van der Waals surface area (Å²) in [6.07, 6.45) is 1.69. The van der Waals surface area contributed by atoms with E-state index in [1.165, 1.54) is 16.9 Å². The molecule has 0 saturated heterocycles. The maximum Gasteiger partial charge on any atom is 0.142 e. The first-order valence-corrected chi connectivity index (χ1v) is 7.08. The van der Waals surface area contributed by atoms with Crippen LogP contribution in [0, 0.1) is 5.41 Å². The van der Waals surface area contributed by atoms with Gasteiger partial charge in [0.2, 0.25) is 0 Å². The number of hydrogen-bond donors (Lipinski definition) is 2. The van der Waals surface area contributed by atoms with Gasteiger partial charge in [0.25, 0.3) is 0 Å². The van der Waals surface area contributed by atoms with Gasteiger partial charge in [-0.25, -0.2) is 4.98 Å². The van der Waals surface area contributed by atoms with Gasteiger partial charge in [0.15, 0.2) is 0 Å². The molecule has 2 aromatic rings. The van der Waals surface area contributed by atoms with Crippen molar-refractivity contribution in [1.29, 1.82) is 5.41 Å². The van der Waals surface area contributed by atoms with Crippen LogP contribution in [0.5, 0.6) is 5.75 Å². The number of rotatable bonds is 6. The summed E-state index contributed by atoms with van der Waals surface area (Å²) in [6, 6.07) is 8.06. The number of benzene rings is 1. The highest BCUT2D eigenvalue weighted by Gasteiger charge is 2.05. The van der Waals surface area contributed by atoms with Gasteiger partial charge >= 0.3 is 0 Å². The average Bonchev–Trinajstić information content (AvgIpc) is 2.88. The zero-order valence-electron chi connectivity index (χ0n) is 10.8. The Morgan fingerprint density at radius 2 is 2.21 bits per heavy atom. The molecule has 0 unspecified atom stereocenters. The highest BCUT2D eigenvalue weighted by atomic mass is 32.1. The summed E-state index contributed by atoms with van der Waals surface area (Å²) >= 11 is 1.51. The number of nitrogens with zero attached hydrogens (tertiary/aromatic N) is 1. The molecule has 0 fully saturated rings. The number of thiazole rings is 1. The molecule has 0 amide bonds. The first-order valence-electron chi connectivity index (χ1n) is 6.20. The van der Waals surface area contributed by atoms with E-state index < -0.39 is 0 Å². The molecule has 0 radical (unpaired) electrons. The van der Waals surface area contributed by atoms with Crippen molar-refractivity contribution >= 4 is 17.2 Å². The molecular weight excluding hydrogens is 258 g/mol. The Kier molecular flexibility index (Phi) is 4.52. The first-order chi connectivity index (χ1) is 9.20. The van der Waals surface area contributed by atoms with E-state index in [0.29, 0.717) is 12.3 Å². The molecule has 5 heteroatoms. The van der Waals surface area contributed by atoms with Crippen LogP contribution in [0.4, 0.5) is 0 Å². The zero-order valence-corrected chi connectivity index (χ0v) is 11.7. The van der Waals surface area contributed by atoms with E-state index in [2.05, 4.69) is 18.0 Å². The Labute approximate surface area is 116 Å². The third kappa shape index (κ3) is 3.54. The molecule has 4 nitrogen and oxygen atoms in total. The van der Waals surface area contributed by atoms with Crippen LogP contribution >= 0.6 is 11.3 Å². The highest BCUT2D eigenvalue weighted by Crippen LogP contribution is 2.19. The number of aryl methyl sites for hydroxylation is 1. The van der Waals surface area contributed by atoms with Crippen LogP contribution in [0.2, 0.25) is 0 Å². The van der Waals surface area contributed by atoms with E-state index in [-0.39, 0.29) is 5.84 Å². The maximum atomic E-state index is 7.30. The molecule has 2 rings (SSSR count). The van der Waals surface area contributed by atoms with Crippen LogP contribution in [0.25, 0.3) is 0 Å². The Balaban J connectivity index is 1.90. The lowest BCUT2D eigenvalue weighted by Crippen LogP contribution is -2.11. The van der Waals surface area contributed by atoms with E-state index in [1.807, 2.05) is 18.2 Å². The number of nitrogens with two attached hydrogens (primary N) is 1. The van der Waals surface area contributed by atoms with Crippen LogP contribution in [-0.2, 0) is 12.8 Å². The zero-order chi connectivity index (χ0) is 13.7. The number of aromatic nitrogens is 1. The highest BCUT2D eigenvalue weighted by molar-refractivity contribution is 7.09. The Bertz CT molecular complexity index is 565. The second kappa shape index (κ2) is 6.33. The molecule has 1 heterocycles. The predicted molar refractivity (Wildman–Crippen MR) is 78.1 cm³/mol. The minimum Gasteiger partial charge on any atom is -0.493 e. The van der Waals surface area contributed by atoms with E-state index in [9.17, 15) is 0 Å². The Morgan fingerprint density at radius 3 is 2.89 bits per heavy atom. The summed E-state index contributed by atoms with van der Waals surface area (Å²) in [7, 11) is 0. The van der Waals surface area contributed by atoms with Crippen LogP contribution < -0.4 is 10.5 Å². The lowest BCUT2D eigenvalue weighted by molar-refractivity contribution is 0.318. The molecule has 3 N–H and O–H groups in total. The van der Waals surface area contributed by atoms with Gasteiger partial charge in [0.05, 0.1) is 11.6 Å². The molecule has 19 heavy (non-hydrogen) atoms. The van der Waals surface area contributed by atoms with Crippen LogP contribution in [-0.4, -0.2) is 17.4 Å². The quantitative estimate of drug-likeness (QED) is 0.628. The standard InChI is InChI=1S/C14H17N3OS/c1-2-10-5-3-4-6-12(10)18-8-7-13-17-11(9-19-13)14(15)16/h3-6,9H,2,7-8H2,1H3,(H3,15,16). The number of ether oxygens (including phenoxy) is 1. The summed E-state index contributed by atoms with van der Waals surface area (Å²) in [4.78, 5) is 4.27. The Hall–Kier alpha value is -1.88. The third-order valence-electron chi connectivity index (χ3n) is 2.75. The lowest BCUT2D eigenvalue weighted by atomic mass is 10.1. The largest absolute Gasteiger partial charge is 0.493 e. The van der Waals surface area contributed by atoms with Crippen molar-refractivity contribution in [3.8, 4) is 5.75 Å². The molecule has 0 bridgehead atoms. The summed E-state index contributed by atoms with van der Waals surface area (Å²) in [5.74, 6) is 0.952. The molecule has 1 aromatic carbocycles. The number of amidine groups is 1. The number of hydrogen-bond acceptors (Lipinski definition) is 4. The van der Waals surface area contributed by atoms with Crippen molar-refractivity contribution in [3.05, 3.63) is 45.9 Å². The summed E-state index contributed by atoms with van der Waals surface area (Å²) in [5.41, 5.74) is 7.14. The fraction of sp³-hybridized carbons (Fsp3) is 0.286. The van der Waals surface area contributed by atoms with Crippen molar-refractivity contribution in [2.45, 2.75) is 19.8 Å². The monoisotopic (exact) mass is 275 g/mol. The average molecular weight is 275 g/mol. The molecule has 100 valence electrons. The van der Waals surface area contributed by atoms with Crippen LogP contribution in [0.3, 0.4) is 0 Å².